The van der Waals surface area contributed by atoms with Gasteiger partial charge in [0.2, 0.25) is 11.8 Å². The van der Waals surface area contributed by atoms with Gasteiger partial charge in [-0.05, 0) is 31.4 Å². The summed E-state index contributed by atoms with van der Waals surface area (Å²) in [6.07, 6.45) is 1.28. The molecule has 0 unspecified atom stereocenters. The van der Waals surface area contributed by atoms with E-state index in [0.29, 0.717) is 18.4 Å². The molecule has 0 aromatic heterocycles. The highest BCUT2D eigenvalue weighted by Crippen LogP contribution is 2.42. The van der Waals surface area contributed by atoms with Gasteiger partial charge in [-0.15, -0.1) is 0 Å². The van der Waals surface area contributed by atoms with Crippen LogP contribution in [0.1, 0.15) is 49.0 Å². The smallest absolute Gasteiger partial charge is 0.338 e. The van der Waals surface area contributed by atoms with E-state index >= 15 is 0 Å². The Labute approximate surface area is 123 Å². The maximum atomic E-state index is 12.7. The standard InChI is InChI=1S/C16H19NO4/c1-4-16(5-2)9-12(18)17(15(16)21)11-8-6-7-10(3)13(11)14(19)20/h6-8H,4-5,9H2,1-3H3,(H,19,20). The van der Waals surface area contributed by atoms with Crippen LogP contribution in [0.15, 0.2) is 18.2 Å². The average molecular weight is 289 g/mol. The van der Waals surface area contributed by atoms with Gasteiger partial charge in [0, 0.05) is 6.42 Å². The highest BCUT2D eigenvalue weighted by atomic mass is 16.4. The highest BCUT2D eigenvalue weighted by molar-refractivity contribution is 6.24. The lowest BCUT2D eigenvalue weighted by Gasteiger charge is -2.24. The van der Waals surface area contributed by atoms with Crippen LogP contribution < -0.4 is 4.90 Å². The molecule has 1 aliphatic heterocycles. The summed E-state index contributed by atoms with van der Waals surface area (Å²) >= 11 is 0. The lowest BCUT2D eigenvalue weighted by molar-refractivity contribution is -0.126. The molecule has 0 spiro atoms. The second-order valence-corrected chi connectivity index (χ2v) is 5.47. The quantitative estimate of drug-likeness (QED) is 0.865. The first kappa shape index (κ1) is 15.2. The third-order valence-corrected chi connectivity index (χ3v) is 4.45. The lowest BCUT2D eigenvalue weighted by Crippen LogP contribution is -2.36. The highest BCUT2D eigenvalue weighted by Gasteiger charge is 2.50. The fraction of sp³-hybridized carbons (Fsp3) is 0.438. The molecule has 112 valence electrons. The molecule has 0 bridgehead atoms. The van der Waals surface area contributed by atoms with E-state index in [1.165, 1.54) is 6.07 Å². The molecule has 2 amide bonds. The number of anilines is 1. The number of aryl methyl sites for hydroxylation is 1. The Morgan fingerprint density at radius 1 is 1.29 bits per heavy atom. The number of amides is 2. The van der Waals surface area contributed by atoms with Crippen molar-refractivity contribution in [3.05, 3.63) is 29.3 Å². The van der Waals surface area contributed by atoms with Gasteiger partial charge in [0.15, 0.2) is 0 Å². The molecule has 1 heterocycles. The summed E-state index contributed by atoms with van der Waals surface area (Å²) in [5.41, 5.74) is 0.0333. The van der Waals surface area contributed by atoms with E-state index in [1.807, 2.05) is 13.8 Å². The molecule has 5 heteroatoms. The number of carbonyl (C=O) groups is 3. The molecule has 1 aromatic carbocycles. The number of carboxylic acids is 1. The SMILES string of the molecule is CCC1(CC)CC(=O)N(c2cccc(C)c2C(=O)O)C1=O. The van der Waals surface area contributed by atoms with Crippen molar-refractivity contribution in [1.82, 2.24) is 0 Å². The van der Waals surface area contributed by atoms with Crippen molar-refractivity contribution in [2.24, 2.45) is 5.41 Å². The van der Waals surface area contributed by atoms with Crippen molar-refractivity contribution in [3.8, 4) is 0 Å². The second-order valence-electron chi connectivity index (χ2n) is 5.47. The van der Waals surface area contributed by atoms with E-state index < -0.39 is 11.4 Å². The summed E-state index contributed by atoms with van der Waals surface area (Å²) in [5, 5.41) is 9.37. The minimum atomic E-state index is -1.13. The monoisotopic (exact) mass is 289 g/mol. The third-order valence-electron chi connectivity index (χ3n) is 4.45. The van der Waals surface area contributed by atoms with Gasteiger partial charge in [-0.3, -0.25) is 9.59 Å². The summed E-state index contributed by atoms with van der Waals surface area (Å²) in [6, 6.07) is 4.84. The first-order valence-electron chi connectivity index (χ1n) is 7.08. The van der Waals surface area contributed by atoms with Crippen LogP contribution in [0.2, 0.25) is 0 Å². The molecule has 0 saturated carbocycles. The van der Waals surface area contributed by atoms with Crippen LogP contribution in [-0.4, -0.2) is 22.9 Å². The lowest BCUT2D eigenvalue weighted by atomic mass is 9.81. The molecule has 1 N–H and O–H groups in total. The molecule has 5 nitrogen and oxygen atoms in total. The zero-order valence-electron chi connectivity index (χ0n) is 12.5. The molecule has 0 radical (unpaired) electrons. The number of carboxylic acid groups (broad SMARTS) is 1. The fourth-order valence-electron chi connectivity index (χ4n) is 2.96. The number of benzene rings is 1. The predicted molar refractivity (Wildman–Crippen MR) is 78.3 cm³/mol. The van der Waals surface area contributed by atoms with Crippen molar-refractivity contribution in [3.63, 3.8) is 0 Å². The molecule has 1 fully saturated rings. The van der Waals surface area contributed by atoms with Crippen molar-refractivity contribution < 1.29 is 19.5 Å². The third kappa shape index (κ3) is 2.22. The number of carbonyl (C=O) groups excluding carboxylic acids is 2. The van der Waals surface area contributed by atoms with E-state index in [0.717, 1.165) is 4.90 Å². The number of hydrogen-bond acceptors (Lipinski definition) is 3. The van der Waals surface area contributed by atoms with Crippen LogP contribution in [0, 0.1) is 12.3 Å². The molecular formula is C16H19NO4. The Kier molecular flexibility index (Phi) is 3.85. The van der Waals surface area contributed by atoms with Crippen LogP contribution in [0.4, 0.5) is 5.69 Å². The zero-order chi connectivity index (χ0) is 15.8. The largest absolute Gasteiger partial charge is 0.478 e. The number of hydrogen-bond donors (Lipinski definition) is 1. The van der Waals surface area contributed by atoms with E-state index in [4.69, 9.17) is 0 Å². The topological polar surface area (TPSA) is 74.7 Å². The summed E-state index contributed by atoms with van der Waals surface area (Å²) < 4.78 is 0. The van der Waals surface area contributed by atoms with Crippen LogP contribution in [0.5, 0.6) is 0 Å². The predicted octanol–water partition coefficient (Wildman–Crippen LogP) is 2.76. The van der Waals surface area contributed by atoms with Crippen LogP contribution in [0.25, 0.3) is 0 Å². The minimum Gasteiger partial charge on any atom is -0.478 e. The normalized spacial score (nSPS) is 17.4. The molecule has 2 rings (SSSR count). The molecule has 1 aliphatic rings. The van der Waals surface area contributed by atoms with Gasteiger partial charge in [0.25, 0.3) is 0 Å². The summed E-state index contributed by atoms with van der Waals surface area (Å²) in [5.74, 6) is -1.74. The van der Waals surface area contributed by atoms with E-state index in [1.54, 1.807) is 19.1 Å². The van der Waals surface area contributed by atoms with Gasteiger partial charge in [0.05, 0.1) is 16.7 Å². The minimum absolute atomic E-state index is 0.0159. The molecular weight excluding hydrogens is 270 g/mol. The summed E-state index contributed by atoms with van der Waals surface area (Å²) in [7, 11) is 0. The first-order valence-corrected chi connectivity index (χ1v) is 7.08. The van der Waals surface area contributed by atoms with Crippen molar-refractivity contribution in [2.45, 2.75) is 40.0 Å². The van der Waals surface area contributed by atoms with E-state index in [-0.39, 0.29) is 29.5 Å². The number of aromatic carboxylic acids is 1. The second kappa shape index (κ2) is 5.31. The summed E-state index contributed by atoms with van der Waals surface area (Å²) in [4.78, 5) is 37.5. The van der Waals surface area contributed by atoms with Gasteiger partial charge in [-0.2, -0.15) is 0 Å². The molecule has 0 aliphatic carbocycles. The Morgan fingerprint density at radius 3 is 2.38 bits per heavy atom. The van der Waals surface area contributed by atoms with Crippen molar-refractivity contribution >= 4 is 23.5 Å². The molecule has 1 saturated heterocycles. The van der Waals surface area contributed by atoms with E-state index in [9.17, 15) is 19.5 Å². The molecule has 0 atom stereocenters. The first-order chi connectivity index (χ1) is 9.88. The van der Waals surface area contributed by atoms with Gasteiger partial charge in [0.1, 0.15) is 0 Å². The maximum Gasteiger partial charge on any atom is 0.338 e. The van der Waals surface area contributed by atoms with Crippen LogP contribution in [0.3, 0.4) is 0 Å². The Balaban J connectivity index is 2.58. The number of nitrogens with zero attached hydrogens (tertiary/aromatic N) is 1. The van der Waals surface area contributed by atoms with E-state index in [2.05, 4.69) is 0 Å². The zero-order valence-corrected chi connectivity index (χ0v) is 12.5. The summed E-state index contributed by atoms with van der Waals surface area (Å²) in [6.45, 7) is 5.42. The Morgan fingerprint density at radius 2 is 1.90 bits per heavy atom. The van der Waals surface area contributed by atoms with Gasteiger partial charge >= 0.3 is 5.97 Å². The Hall–Kier alpha value is -2.17. The Bertz CT molecular complexity index is 617. The van der Waals surface area contributed by atoms with Crippen molar-refractivity contribution in [2.75, 3.05) is 4.90 Å². The average Bonchev–Trinajstić information content (AvgIpc) is 2.69. The van der Waals surface area contributed by atoms with Gasteiger partial charge in [-0.25, -0.2) is 9.69 Å². The van der Waals surface area contributed by atoms with Crippen LogP contribution in [-0.2, 0) is 9.59 Å². The van der Waals surface area contributed by atoms with Crippen molar-refractivity contribution in [1.29, 1.82) is 0 Å². The van der Waals surface area contributed by atoms with Crippen LogP contribution >= 0.6 is 0 Å². The van der Waals surface area contributed by atoms with Gasteiger partial charge < -0.3 is 5.11 Å². The molecule has 1 aromatic rings. The number of rotatable bonds is 4. The number of imide groups is 1. The maximum absolute atomic E-state index is 12.7. The van der Waals surface area contributed by atoms with Gasteiger partial charge in [-0.1, -0.05) is 26.0 Å². The fourth-order valence-corrected chi connectivity index (χ4v) is 2.96. The molecule has 21 heavy (non-hydrogen) atoms.